The molecule has 1 saturated carbocycles. The summed E-state index contributed by atoms with van der Waals surface area (Å²) in [6.45, 7) is 4.67. The van der Waals surface area contributed by atoms with Gasteiger partial charge < -0.3 is 10.3 Å². The molecule has 0 radical (unpaired) electrons. The fraction of sp³-hybridized carbons (Fsp3) is 0.692. The average Bonchev–Trinajstić information content (AvgIpc) is 3.09. The lowest BCUT2D eigenvalue weighted by molar-refractivity contribution is 0.530. The van der Waals surface area contributed by atoms with Gasteiger partial charge in [-0.25, -0.2) is 13.1 Å². The van der Waals surface area contributed by atoms with Gasteiger partial charge in [0.15, 0.2) is 0 Å². The van der Waals surface area contributed by atoms with Crippen molar-refractivity contribution in [2.24, 2.45) is 0 Å². The van der Waals surface area contributed by atoms with Gasteiger partial charge in [0.25, 0.3) is 0 Å². The second-order valence-corrected chi connectivity index (χ2v) is 6.86. The van der Waals surface area contributed by atoms with Gasteiger partial charge >= 0.3 is 0 Å². The van der Waals surface area contributed by atoms with Crippen LogP contribution in [0.25, 0.3) is 0 Å². The standard InChI is InChI=1S/C13H23N3O2S/c1-3-10(4-2)16-19(17,18)13-7-12(15-9-13)8-14-11-5-6-11/h7,9-11,14-16H,3-6,8H2,1-2H3. The first-order valence-electron chi connectivity index (χ1n) is 6.98. The zero-order chi connectivity index (χ0) is 13.9. The van der Waals surface area contributed by atoms with Crippen LogP contribution in [0.1, 0.15) is 45.2 Å². The molecule has 0 aliphatic heterocycles. The molecule has 0 aromatic carbocycles. The molecule has 2 rings (SSSR count). The van der Waals surface area contributed by atoms with E-state index in [0.717, 1.165) is 18.5 Å². The summed E-state index contributed by atoms with van der Waals surface area (Å²) in [5.74, 6) is 0. The number of aromatic nitrogens is 1. The molecule has 1 fully saturated rings. The van der Waals surface area contributed by atoms with Gasteiger partial charge in [0.2, 0.25) is 10.0 Å². The van der Waals surface area contributed by atoms with E-state index in [1.165, 1.54) is 12.8 Å². The van der Waals surface area contributed by atoms with Gasteiger partial charge in [-0.15, -0.1) is 0 Å². The van der Waals surface area contributed by atoms with Crippen LogP contribution in [0.4, 0.5) is 0 Å². The first-order chi connectivity index (χ1) is 9.05. The van der Waals surface area contributed by atoms with Crippen molar-refractivity contribution < 1.29 is 8.42 Å². The van der Waals surface area contributed by atoms with Gasteiger partial charge in [-0.3, -0.25) is 0 Å². The van der Waals surface area contributed by atoms with Crippen LogP contribution in [0.2, 0.25) is 0 Å². The van der Waals surface area contributed by atoms with Crippen LogP contribution >= 0.6 is 0 Å². The van der Waals surface area contributed by atoms with Crippen LogP contribution in [0, 0.1) is 0 Å². The molecule has 0 unspecified atom stereocenters. The van der Waals surface area contributed by atoms with E-state index in [1.54, 1.807) is 12.3 Å². The first-order valence-corrected chi connectivity index (χ1v) is 8.46. The monoisotopic (exact) mass is 285 g/mol. The Morgan fingerprint density at radius 2 is 2.05 bits per heavy atom. The van der Waals surface area contributed by atoms with Gasteiger partial charge in [0.1, 0.15) is 0 Å². The van der Waals surface area contributed by atoms with E-state index in [0.29, 0.717) is 17.5 Å². The molecule has 0 spiro atoms. The van der Waals surface area contributed by atoms with Crippen molar-refractivity contribution in [3.05, 3.63) is 18.0 Å². The third-order valence-electron chi connectivity index (χ3n) is 3.49. The molecule has 1 aromatic rings. The molecule has 0 saturated heterocycles. The normalized spacial score (nSPS) is 16.2. The molecule has 108 valence electrons. The van der Waals surface area contributed by atoms with Crippen molar-refractivity contribution in [1.82, 2.24) is 15.0 Å². The lowest BCUT2D eigenvalue weighted by Crippen LogP contribution is -2.33. The molecule has 0 bridgehead atoms. The summed E-state index contributed by atoms with van der Waals surface area (Å²) in [6, 6.07) is 2.33. The number of H-pyrrole nitrogens is 1. The summed E-state index contributed by atoms with van der Waals surface area (Å²) in [7, 11) is -3.39. The Morgan fingerprint density at radius 1 is 1.37 bits per heavy atom. The number of hydrogen-bond acceptors (Lipinski definition) is 3. The molecule has 1 aromatic heterocycles. The predicted molar refractivity (Wildman–Crippen MR) is 75.3 cm³/mol. The van der Waals surface area contributed by atoms with Crippen LogP contribution in [0.15, 0.2) is 17.2 Å². The molecule has 0 atom stereocenters. The highest BCUT2D eigenvalue weighted by Gasteiger charge is 2.22. The summed E-state index contributed by atoms with van der Waals surface area (Å²) < 4.78 is 27.1. The second-order valence-electron chi connectivity index (χ2n) is 5.15. The van der Waals surface area contributed by atoms with Gasteiger partial charge in [-0.1, -0.05) is 13.8 Å². The quantitative estimate of drug-likeness (QED) is 0.681. The van der Waals surface area contributed by atoms with E-state index in [1.807, 2.05) is 13.8 Å². The van der Waals surface area contributed by atoms with E-state index >= 15 is 0 Å². The predicted octanol–water partition coefficient (Wildman–Crippen LogP) is 1.73. The minimum atomic E-state index is -3.39. The molecule has 5 nitrogen and oxygen atoms in total. The summed E-state index contributed by atoms with van der Waals surface area (Å²) in [4.78, 5) is 3.35. The van der Waals surface area contributed by atoms with Crippen LogP contribution in [0.3, 0.4) is 0 Å². The van der Waals surface area contributed by atoms with Gasteiger partial charge in [-0.2, -0.15) is 0 Å². The van der Waals surface area contributed by atoms with Gasteiger partial charge in [-0.05, 0) is 31.7 Å². The van der Waals surface area contributed by atoms with Gasteiger partial charge in [0, 0.05) is 30.5 Å². The molecule has 6 heteroatoms. The highest BCUT2D eigenvalue weighted by Crippen LogP contribution is 2.19. The van der Waals surface area contributed by atoms with Crippen LogP contribution in [-0.2, 0) is 16.6 Å². The van der Waals surface area contributed by atoms with Gasteiger partial charge in [0.05, 0.1) is 4.90 Å². The van der Waals surface area contributed by atoms with Crippen molar-refractivity contribution >= 4 is 10.0 Å². The summed E-state index contributed by atoms with van der Waals surface area (Å²) in [6.07, 6.45) is 5.62. The SMILES string of the molecule is CCC(CC)NS(=O)(=O)c1c[nH]c(CNC2CC2)c1. The van der Waals surface area contributed by atoms with Crippen LogP contribution in [0.5, 0.6) is 0 Å². The van der Waals surface area contributed by atoms with Crippen molar-refractivity contribution in [3.8, 4) is 0 Å². The molecule has 0 amide bonds. The lowest BCUT2D eigenvalue weighted by Gasteiger charge is -2.13. The fourth-order valence-corrected chi connectivity index (χ4v) is 3.38. The minimum absolute atomic E-state index is 0.00735. The Kier molecular flexibility index (Phi) is 4.65. The van der Waals surface area contributed by atoms with Crippen molar-refractivity contribution in [2.45, 2.75) is 63.1 Å². The molecule has 1 aliphatic rings. The smallest absolute Gasteiger partial charge is 0.242 e. The summed E-state index contributed by atoms with van der Waals surface area (Å²) in [5.41, 5.74) is 0.914. The fourth-order valence-electron chi connectivity index (χ4n) is 1.96. The van der Waals surface area contributed by atoms with Crippen LogP contribution < -0.4 is 10.0 Å². The molecule has 19 heavy (non-hydrogen) atoms. The third-order valence-corrected chi connectivity index (χ3v) is 4.99. The minimum Gasteiger partial charge on any atom is -0.363 e. The molecule has 1 aliphatic carbocycles. The number of nitrogens with one attached hydrogen (secondary N) is 3. The second kappa shape index (κ2) is 6.07. The average molecular weight is 285 g/mol. The number of aromatic amines is 1. The van der Waals surface area contributed by atoms with E-state index in [-0.39, 0.29) is 6.04 Å². The zero-order valence-corrected chi connectivity index (χ0v) is 12.4. The Hall–Kier alpha value is -0.850. The van der Waals surface area contributed by atoms with E-state index in [4.69, 9.17) is 0 Å². The van der Waals surface area contributed by atoms with Crippen molar-refractivity contribution in [2.75, 3.05) is 0 Å². The maximum absolute atomic E-state index is 12.2. The Bertz CT molecular complexity index is 502. The number of hydrogen-bond donors (Lipinski definition) is 3. The Balaban J connectivity index is 1.98. The molecule has 3 N–H and O–H groups in total. The molecular weight excluding hydrogens is 262 g/mol. The maximum Gasteiger partial charge on any atom is 0.242 e. The highest BCUT2D eigenvalue weighted by atomic mass is 32.2. The summed E-state index contributed by atoms with van der Waals surface area (Å²) in [5, 5.41) is 3.35. The Morgan fingerprint density at radius 3 is 2.63 bits per heavy atom. The topological polar surface area (TPSA) is 74.0 Å². The third kappa shape index (κ3) is 4.06. The van der Waals surface area contributed by atoms with Crippen molar-refractivity contribution in [1.29, 1.82) is 0 Å². The summed E-state index contributed by atoms with van der Waals surface area (Å²) >= 11 is 0. The van der Waals surface area contributed by atoms with E-state index in [2.05, 4.69) is 15.0 Å². The number of sulfonamides is 1. The molecule has 1 heterocycles. The number of rotatable bonds is 8. The lowest BCUT2D eigenvalue weighted by atomic mass is 10.2. The molecular formula is C13H23N3O2S. The van der Waals surface area contributed by atoms with Crippen LogP contribution in [-0.4, -0.2) is 25.5 Å². The largest absolute Gasteiger partial charge is 0.363 e. The van der Waals surface area contributed by atoms with E-state index < -0.39 is 10.0 Å². The van der Waals surface area contributed by atoms with Crippen molar-refractivity contribution in [3.63, 3.8) is 0 Å². The first kappa shape index (κ1) is 14.6. The zero-order valence-electron chi connectivity index (χ0n) is 11.6. The maximum atomic E-state index is 12.2. The highest BCUT2D eigenvalue weighted by molar-refractivity contribution is 7.89. The van der Waals surface area contributed by atoms with E-state index in [9.17, 15) is 8.42 Å². The Labute approximate surface area is 115 Å².